The molecular formula is C2HCl3F3-. The lowest BCUT2D eigenvalue weighted by Gasteiger charge is -2.03. The van der Waals surface area contributed by atoms with Gasteiger partial charge in [0.25, 0.3) is 5.63 Å². The van der Waals surface area contributed by atoms with Gasteiger partial charge in [-0.1, -0.05) is 11.6 Å². The molecule has 0 saturated heterocycles. The van der Waals surface area contributed by atoms with E-state index in [4.69, 9.17) is 0 Å². The summed E-state index contributed by atoms with van der Waals surface area (Å²) < 4.78 is 33.3. The van der Waals surface area contributed by atoms with Gasteiger partial charge in [-0.2, -0.15) is 8.78 Å². The fraction of sp³-hybridized carbons (Fsp3) is 1.00. The maximum absolute atomic E-state index is 11.1. The quantitative estimate of drug-likeness (QED) is 0.480. The van der Waals surface area contributed by atoms with E-state index in [0.717, 1.165) is 0 Å². The van der Waals surface area contributed by atoms with E-state index in [2.05, 4.69) is 23.2 Å². The fourth-order valence-corrected chi connectivity index (χ4v) is 0. The first-order valence-corrected chi connectivity index (χ1v) is 2.11. The van der Waals surface area contributed by atoms with Crippen LogP contribution in [0.5, 0.6) is 0 Å². The van der Waals surface area contributed by atoms with Crippen LogP contribution in [0.15, 0.2) is 0 Å². The maximum atomic E-state index is 11.1. The van der Waals surface area contributed by atoms with Gasteiger partial charge in [0.1, 0.15) is 0 Å². The molecule has 52 valence electrons. The average Bonchev–Trinajstić information content (AvgIpc) is 1.31. The van der Waals surface area contributed by atoms with Gasteiger partial charge in [-0.05, 0) is 11.6 Å². The van der Waals surface area contributed by atoms with Gasteiger partial charge in [0.15, 0.2) is 0 Å². The van der Waals surface area contributed by atoms with E-state index in [1.807, 2.05) is 0 Å². The molecule has 0 heterocycles. The Labute approximate surface area is 60.4 Å². The summed E-state index contributed by atoms with van der Waals surface area (Å²) in [4.78, 5) is 0. The SMILES string of the molecule is FC(Cl)C(F)(F)Cl.[Cl-]. The average molecular weight is 188 g/mol. The highest BCUT2D eigenvalue weighted by Gasteiger charge is 2.35. The van der Waals surface area contributed by atoms with Crippen molar-refractivity contribution < 1.29 is 25.6 Å². The minimum absolute atomic E-state index is 0. The molecule has 0 saturated carbocycles. The van der Waals surface area contributed by atoms with Crippen molar-refractivity contribution >= 4 is 23.2 Å². The van der Waals surface area contributed by atoms with Crippen LogP contribution in [-0.4, -0.2) is 11.0 Å². The van der Waals surface area contributed by atoms with Gasteiger partial charge in [-0.25, -0.2) is 4.39 Å². The maximum Gasteiger partial charge on any atom is 0.366 e. The molecule has 1 unspecified atom stereocenters. The van der Waals surface area contributed by atoms with Crippen molar-refractivity contribution in [3.8, 4) is 0 Å². The lowest BCUT2D eigenvalue weighted by Crippen LogP contribution is -3.00. The van der Waals surface area contributed by atoms with Crippen molar-refractivity contribution in [3.05, 3.63) is 0 Å². The molecule has 1 atom stereocenters. The summed E-state index contributed by atoms with van der Waals surface area (Å²) in [6.07, 6.45) is 0. The van der Waals surface area contributed by atoms with Crippen LogP contribution >= 0.6 is 23.2 Å². The standard InChI is InChI=1S/C2HCl2F3.ClH/c3-1(5)2(4,6)7;/h1H;1H/p-1. The van der Waals surface area contributed by atoms with E-state index in [1.54, 1.807) is 0 Å². The Bertz CT molecular complexity index is 58.0. The summed E-state index contributed by atoms with van der Waals surface area (Å²) in [7, 11) is 0. The van der Waals surface area contributed by atoms with E-state index in [0.29, 0.717) is 0 Å². The highest BCUT2D eigenvalue weighted by molar-refractivity contribution is 6.30. The van der Waals surface area contributed by atoms with Crippen molar-refractivity contribution in [2.45, 2.75) is 11.0 Å². The summed E-state index contributed by atoms with van der Waals surface area (Å²) in [5, 5.41) is -3.93. The van der Waals surface area contributed by atoms with E-state index >= 15 is 0 Å². The topological polar surface area (TPSA) is 0 Å². The third kappa shape index (κ3) is 4.81. The molecule has 0 aromatic heterocycles. The first kappa shape index (κ1) is 11.5. The summed E-state index contributed by atoms with van der Waals surface area (Å²) in [5.41, 5.74) is -2.80. The van der Waals surface area contributed by atoms with Crippen molar-refractivity contribution in [2.75, 3.05) is 0 Å². The smallest absolute Gasteiger partial charge is 0.366 e. The molecule has 8 heavy (non-hydrogen) atoms. The Morgan fingerprint density at radius 3 is 1.50 bits per heavy atom. The molecule has 0 aromatic carbocycles. The van der Waals surface area contributed by atoms with Crippen LogP contribution in [0.4, 0.5) is 13.2 Å². The highest BCUT2D eigenvalue weighted by Crippen LogP contribution is 2.28. The van der Waals surface area contributed by atoms with Crippen LogP contribution in [0.2, 0.25) is 0 Å². The van der Waals surface area contributed by atoms with Gasteiger partial charge in [0, 0.05) is 0 Å². The zero-order valence-electron chi connectivity index (χ0n) is 3.35. The summed E-state index contributed by atoms with van der Waals surface area (Å²) in [6.45, 7) is 0. The second-order valence-corrected chi connectivity index (χ2v) is 1.73. The minimum atomic E-state index is -3.93. The fourth-order valence-electron chi connectivity index (χ4n) is 0. The van der Waals surface area contributed by atoms with Gasteiger partial charge in [-0.15, -0.1) is 0 Å². The van der Waals surface area contributed by atoms with Gasteiger partial charge >= 0.3 is 5.38 Å². The molecular weight excluding hydrogens is 187 g/mol. The third-order valence-electron chi connectivity index (χ3n) is 0.247. The van der Waals surface area contributed by atoms with Crippen LogP contribution in [0, 0.1) is 0 Å². The van der Waals surface area contributed by atoms with Gasteiger partial charge in [-0.3, -0.25) is 0 Å². The Hall–Kier alpha value is 0.660. The zero-order chi connectivity index (χ0) is 6.08. The summed E-state index contributed by atoms with van der Waals surface area (Å²) in [6, 6.07) is 0. The molecule has 0 rings (SSSR count). The number of hydrogen-bond acceptors (Lipinski definition) is 0. The third-order valence-corrected chi connectivity index (χ3v) is 0.825. The summed E-state index contributed by atoms with van der Waals surface area (Å²) in [5.74, 6) is 0. The molecule has 0 aliphatic rings. The van der Waals surface area contributed by atoms with Gasteiger partial charge in [0.2, 0.25) is 0 Å². The largest absolute Gasteiger partial charge is 1.00 e. The molecule has 0 fully saturated rings. The van der Waals surface area contributed by atoms with Crippen LogP contribution in [-0.2, 0) is 0 Å². The van der Waals surface area contributed by atoms with Crippen LogP contribution in [0.1, 0.15) is 0 Å². The molecule has 0 aliphatic heterocycles. The second kappa shape index (κ2) is 3.64. The number of halogens is 6. The molecule has 0 radical (unpaired) electrons. The lowest BCUT2D eigenvalue weighted by molar-refractivity contribution is -0.00000860. The van der Waals surface area contributed by atoms with E-state index in [9.17, 15) is 13.2 Å². The van der Waals surface area contributed by atoms with Crippen molar-refractivity contribution in [1.82, 2.24) is 0 Å². The Balaban J connectivity index is 0. The van der Waals surface area contributed by atoms with Gasteiger partial charge < -0.3 is 12.4 Å². The molecule has 6 heteroatoms. The zero-order valence-corrected chi connectivity index (χ0v) is 5.61. The molecule has 0 N–H and O–H groups in total. The first-order chi connectivity index (χ1) is 2.94. The Morgan fingerprint density at radius 2 is 1.50 bits per heavy atom. The summed E-state index contributed by atoms with van der Waals surface area (Å²) >= 11 is 8.23. The Kier molecular flexibility index (Phi) is 5.21. The van der Waals surface area contributed by atoms with Crippen LogP contribution in [0.25, 0.3) is 0 Å². The molecule has 0 aromatic rings. The minimum Gasteiger partial charge on any atom is -1.00 e. The van der Waals surface area contributed by atoms with Crippen LogP contribution < -0.4 is 12.4 Å². The van der Waals surface area contributed by atoms with Gasteiger partial charge in [0.05, 0.1) is 0 Å². The van der Waals surface area contributed by atoms with Crippen molar-refractivity contribution in [1.29, 1.82) is 0 Å². The van der Waals surface area contributed by atoms with E-state index in [1.165, 1.54) is 0 Å². The lowest BCUT2D eigenvalue weighted by atomic mass is 10.8. The van der Waals surface area contributed by atoms with E-state index in [-0.39, 0.29) is 12.4 Å². The number of hydrogen-bond donors (Lipinski definition) is 0. The normalized spacial score (nSPS) is 14.6. The second-order valence-electron chi connectivity index (χ2n) is 0.842. The predicted molar refractivity (Wildman–Crippen MR) is 21.5 cm³/mol. The van der Waals surface area contributed by atoms with E-state index < -0.39 is 11.0 Å². The number of rotatable bonds is 1. The monoisotopic (exact) mass is 187 g/mol. The Morgan fingerprint density at radius 1 is 1.38 bits per heavy atom. The molecule has 0 bridgehead atoms. The van der Waals surface area contributed by atoms with Crippen molar-refractivity contribution in [2.24, 2.45) is 0 Å². The predicted octanol–water partition coefficient (Wildman–Crippen LogP) is -0.644. The first-order valence-electron chi connectivity index (χ1n) is 1.29. The highest BCUT2D eigenvalue weighted by atomic mass is 35.5. The molecule has 0 aliphatic carbocycles. The molecule has 0 nitrogen and oxygen atoms in total. The molecule has 0 amide bonds. The van der Waals surface area contributed by atoms with Crippen LogP contribution in [0.3, 0.4) is 0 Å². The van der Waals surface area contributed by atoms with Crippen molar-refractivity contribution in [3.63, 3.8) is 0 Å². The number of alkyl halides is 5. The molecule has 0 spiro atoms.